The summed E-state index contributed by atoms with van der Waals surface area (Å²) < 4.78 is 8.74. The largest absolute Gasteiger partial charge is 0.439 e. The summed E-state index contributed by atoms with van der Waals surface area (Å²) in [6.45, 7) is 5.61. The summed E-state index contributed by atoms with van der Waals surface area (Å²) >= 11 is 0. The fourth-order valence-corrected chi connectivity index (χ4v) is 5.13. The molecular weight excluding hydrogens is 466 g/mol. The summed E-state index contributed by atoms with van der Waals surface area (Å²) in [5.74, 6) is 1.03. The molecular formula is C29H33N5O3. The number of fused-ring (bicyclic) bond motifs is 1. The minimum atomic E-state index is -0.140. The number of aryl methyl sites for hydroxylation is 2. The second kappa shape index (κ2) is 10.6. The van der Waals surface area contributed by atoms with Gasteiger partial charge in [-0.15, -0.1) is 0 Å². The van der Waals surface area contributed by atoms with Crippen molar-refractivity contribution in [3.8, 4) is 11.6 Å². The topological polar surface area (TPSA) is 88.5 Å². The van der Waals surface area contributed by atoms with Crippen LogP contribution in [-0.4, -0.2) is 59.0 Å². The molecule has 8 heteroatoms. The third-order valence-corrected chi connectivity index (χ3v) is 7.03. The molecule has 8 nitrogen and oxygen atoms in total. The van der Waals surface area contributed by atoms with Crippen molar-refractivity contribution < 1.29 is 14.3 Å². The number of para-hydroxylation sites is 1. The number of ether oxygens (including phenoxy) is 1. The van der Waals surface area contributed by atoms with Crippen molar-refractivity contribution in [2.24, 2.45) is 0 Å². The average Bonchev–Trinajstić information content (AvgIpc) is 3.24. The number of hydrogen-bond acceptors (Lipinski definition) is 5. The van der Waals surface area contributed by atoms with Gasteiger partial charge in [0.15, 0.2) is 0 Å². The van der Waals surface area contributed by atoms with Gasteiger partial charge in [-0.2, -0.15) is 0 Å². The number of hydrogen-bond donors (Lipinski definition) is 2. The second-order valence-corrected chi connectivity index (χ2v) is 9.61. The normalized spacial score (nSPS) is 17.5. The van der Waals surface area contributed by atoms with E-state index in [4.69, 9.17) is 4.74 Å². The molecule has 2 N–H and O–H groups in total. The first-order valence-corrected chi connectivity index (χ1v) is 12.8. The lowest BCUT2D eigenvalue weighted by molar-refractivity contribution is -0.121. The van der Waals surface area contributed by atoms with E-state index in [1.807, 2.05) is 55.2 Å². The number of nitrogens with one attached hydrogen (secondary N) is 2. The first-order valence-electron chi connectivity index (χ1n) is 12.8. The summed E-state index contributed by atoms with van der Waals surface area (Å²) in [7, 11) is 1.63. The lowest BCUT2D eigenvalue weighted by atomic mass is 10.1. The SMILES string of the molecule is CNC(=O)CC1CN(C(=O)c2c(Oc3c(C)cccc3C)n(C3=CC=CCC3)c3cccnc23)CCN1. The van der Waals surface area contributed by atoms with Crippen molar-refractivity contribution in [1.82, 2.24) is 25.1 Å². The Morgan fingerprint density at radius 1 is 1.19 bits per heavy atom. The predicted molar refractivity (Wildman–Crippen MR) is 145 cm³/mol. The highest BCUT2D eigenvalue weighted by Crippen LogP contribution is 2.40. The van der Waals surface area contributed by atoms with E-state index in [1.54, 1.807) is 13.2 Å². The number of nitrogens with zero attached hydrogens (tertiary/aromatic N) is 3. The summed E-state index contributed by atoms with van der Waals surface area (Å²) in [6.07, 6.45) is 10.0. The molecule has 1 aliphatic carbocycles. The van der Waals surface area contributed by atoms with Gasteiger partial charge in [0.25, 0.3) is 5.91 Å². The molecule has 0 spiro atoms. The quantitative estimate of drug-likeness (QED) is 0.531. The molecule has 2 aromatic heterocycles. The van der Waals surface area contributed by atoms with Crippen LogP contribution in [0.2, 0.25) is 0 Å². The van der Waals surface area contributed by atoms with E-state index < -0.39 is 0 Å². The number of amides is 2. The number of rotatable bonds is 6. The van der Waals surface area contributed by atoms with E-state index in [-0.39, 0.29) is 17.9 Å². The number of piperazine rings is 1. The van der Waals surface area contributed by atoms with Gasteiger partial charge in [0.2, 0.25) is 11.8 Å². The van der Waals surface area contributed by atoms with E-state index in [9.17, 15) is 9.59 Å². The van der Waals surface area contributed by atoms with E-state index >= 15 is 0 Å². The summed E-state index contributed by atoms with van der Waals surface area (Å²) in [6, 6.07) is 9.78. The first kappa shape index (κ1) is 24.8. The highest BCUT2D eigenvalue weighted by atomic mass is 16.5. The zero-order valence-electron chi connectivity index (χ0n) is 21.6. The van der Waals surface area contributed by atoms with Crippen molar-refractivity contribution in [1.29, 1.82) is 0 Å². The molecule has 0 saturated carbocycles. The van der Waals surface area contributed by atoms with Crippen molar-refractivity contribution in [2.45, 2.75) is 39.2 Å². The fraction of sp³-hybridized carbons (Fsp3) is 0.345. The third-order valence-electron chi connectivity index (χ3n) is 7.03. The van der Waals surface area contributed by atoms with Gasteiger partial charge < -0.3 is 20.3 Å². The van der Waals surface area contributed by atoms with Crippen LogP contribution in [0.5, 0.6) is 11.6 Å². The molecule has 2 amide bonds. The summed E-state index contributed by atoms with van der Waals surface area (Å²) in [5.41, 5.74) is 4.95. The Morgan fingerprint density at radius 2 is 2.00 bits per heavy atom. The Hall–Kier alpha value is -3.91. The van der Waals surface area contributed by atoms with Gasteiger partial charge >= 0.3 is 0 Å². The maximum atomic E-state index is 14.2. The molecule has 37 heavy (non-hydrogen) atoms. The van der Waals surface area contributed by atoms with E-state index in [1.165, 1.54) is 0 Å². The maximum Gasteiger partial charge on any atom is 0.261 e. The summed E-state index contributed by atoms with van der Waals surface area (Å²) in [4.78, 5) is 32.7. The first-order chi connectivity index (χ1) is 18.0. The van der Waals surface area contributed by atoms with Crippen molar-refractivity contribution in [2.75, 3.05) is 26.7 Å². The Balaban J connectivity index is 1.65. The highest BCUT2D eigenvalue weighted by Gasteiger charge is 2.33. The monoisotopic (exact) mass is 499 g/mol. The minimum Gasteiger partial charge on any atom is -0.439 e. The van der Waals surface area contributed by atoms with Gasteiger partial charge in [0.05, 0.1) is 5.52 Å². The second-order valence-electron chi connectivity index (χ2n) is 9.61. The molecule has 1 aliphatic heterocycles. The van der Waals surface area contributed by atoms with E-state index in [0.29, 0.717) is 43.0 Å². The van der Waals surface area contributed by atoms with Gasteiger partial charge in [-0.05, 0) is 56.0 Å². The number of aromatic nitrogens is 2. The molecule has 1 fully saturated rings. The smallest absolute Gasteiger partial charge is 0.261 e. The molecule has 0 bridgehead atoms. The molecule has 192 valence electrons. The van der Waals surface area contributed by atoms with Crippen LogP contribution in [0.25, 0.3) is 16.7 Å². The van der Waals surface area contributed by atoms with Crippen LogP contribution in [0.1, 0.15) is 40.7 Å². The third kappa shape index (κ3) is 4.89. The standard InChI is InChI=1S/C29H33N5O3/c1-19-9-7-10-20(2)27(19)37-29-25(28(36)33-16-15-31-21(18-33)17-24(35)30-3)26-23(13-8-14-32-26)34(29)22-11-5-4-6-12-22/h4-5,7-11,13-14,21,31H,6,12,15-18H2,1-3H3,(H,30,35). The lowest BCUT2D eigenvalue weighted by Gasteiger charge is -2.33. The average molecular weight is 500 g/mol. The van der Waals surface area contributed by atoms with Gasteiger partial charge in [0, 0.05) is 51.0 Å². The van der Waals surface area contributed by atoms with E-state index in [0.717, 1.165) is 40.9 Å². The molecule has 1 saturated heterocycles. The zero-order valence-corrected chi connectivity index (χ0v) is 21.6. The molecule has 3 aromatic rings. The highest BCUT2D eigenvalue weighted by molar-refractivity contribution is 6.09. The van der Waals surface area contributed by atoms with Crippen LogP contribution >= 0.6 is 0 Å². The minimum absolute atomic E-state index is 0.0543. The van der Waals surface area contributed by atoms with Gasteiger partial charge in [-0.1, -0.05) is 30.4 Å². The molecule has 3 heterocycles. The van der Waals surface area contributed by atoms with Crippen LogP contribution < -0.4 is 15.4 Å². The lowest BCUT2D eigenvalue weighted by Crippen LogP contribution is -2.53. The number of benzene rings is 1. The van der Waals surface area contributed by atoms with Crippen LogP contribution in [0.3, 0.4) is 0 Å². The number of carbonyl (C=O) groups excluding carboxylic acids is 2. The molecule has 5 rings (SSSR count). The molecule has 0 radical (unpaired) electrons. The van der Waals surface area contributed by atoms with Crippen LogP contribution in [-0.2, 0) is 4.79 Å². The molecule has 1 atom stereocenters. The number of pyridine rings is 1. The molecule has 1 aromatic carbocycles. The number of allylic oxidation sites excluding steroid dienone is 4. The number of carbonyl (C=O) groups is 2. The van der Waals surface area contributed by atoms with Crippen molar-refractivity contribution in [3.05, 3.63) is 71.4 Å². The Morgan fingerprint density at radius 3 is 2.73 bits per heavy atom. The predicted octanol–water partition coefficient (Wildman–Crippen LogP) is 4.19. The van der Waals surface area contributed by atoms with E-state index in [2.05, 4.69) is 32.3 Å². The maximum absolute atomic E-state index is 14.2. The van der Waals surface area contributed by atoms with Gasteiger partial charge in [-0.3, -0.25) is 19.1 Å². The Kier molecular flexibility index (Phi) is 7.10. The molecule has 2 aliphatic rings. The summed E-state index contributed by atoms with van der Waals surface area (Å²) in [5, 5.41) is 6.03. The Labute approximate surface area is 217 Å². The van der Waals surface area contributed by atoms with Crippen molar-refractivity contribution >= 4 is 28.5 Å². The van der Waals surface area contributed by atoms with Crippen molar-refractivity contribution in [3.63, 3.8) is 0 Å². The molecule has 1 unspecified atom stereocenters. The van der Waals surface area contributed by atoms with Crippen LogP contribution in [0, 0.1) is 13.8 Å². The van der Waals surface area contributed by atoms with Gasteiger partial charge in [-0.25, -0.2) is 0 Å². The zero-order chi connectivity index (χ0) is 25.9. The van der Waals surface area contributed by atoms with Crippen LogP contribution in [0.15, 0.2) is 54.8 Å². The van der Waals surface area contributed by atoms with Gasteiger partial charge in [0.1, 0.15) is 16.8 Å². The fourth-order valence-electron chi connectivity index (χ4n) is 5.13. The van der Waals surface area contributed by atoms with Crippen LogP contribution in [0.4, 0.5) is 0 Å². The Bertz CT molecular complexity index is 1380.